The largest absolute Gasteiger partial charge is 0.454 e. The van der Waals surface area contributed by atoms with Gasteiger partial charge in [0.2, 0.25) is 6.79 Å². The van der Waals surface area contributed by atoms with Crippen molar-refractivity contribution in [3.63, 3.8) is 0 Å². The molecule has 0 saturated carbocycles. The van der Waals surface area contributed by atoms with Gasteiger partial charge in [-0.1, -0.05) is 6.92 Å². The first kappa shape index (κ1) is 15.1. The van der Waals surface area contributed by atoms with E-state index >= 15 is 0 Å². The molecule has 1 fully saturated rings. The van der Waals surface area contributed by atoms with E-state index in [1.165, 1.54) is 5.56 Å². The number of halogens is 1. The third-order valence-electron chi connectivity index (χ3n) is 3.86. The molecule has 0 radical (unpaired) electrons. The Hall–Kier alpha value is -0.820. The van der Waals surface area contributed by atoms with Crippen LogP contribution in [0.2, 0.25) is 0 Å². The van der Waals surface area contributed by atoms with Crippen LogP contribution in [0.4, 0.5) is 0 Å². The third-order valence-corrected chi connectivity index (χ3v) is 4.45. The molecule has 1 atom stereocenters. The fourth-order valence-corrected chi connectivity index (χ4v) is 3.30. The molecule has 21 heavy (non-hydrogen) atoms. The summed E-state index contributed by atoms with van der Waals surface area (Å²) in [5, 5.41) is 3.47. The normalized spacial score (nSPS) is 21.7. The molecule has 1 N–H and O–H groups in total. The Balaban J connectivity index is 1.50. The van der Waals surface area contributed by atoms with Crippen LogP contribution >= 0.6 is 15.9 Å². The van der Waals surface area contributed by atoms with Crippen molar-refractivity contribution in [2.45, 2.75) is 19.6 Å². The SMILES string of the molecule is CCN1CCOC(CNCc2cc(Br)c3c(c2)OCO3)C1. The van der Waals surface area contributed by atoms with Crippen molar-refractivity contribution < 1.29 is 14.2 Å². The van der Waals surface area contributed by atoms with Crippen molar-refractivity contribution in [1.29, 1.82) is 0 Å². The predicted octanol–water partition coefficient (Wildman–Crippen LogP) is 1.99. The average Bonchev–Trinajstić information content (AvgIpc) is 2.96. The van der Waals surface area contributed by atoms with Crippen LogP contribution in [0.25, 0.3) is 0 Å². The van der Waals surface area contributed by atoms with Crippen LogP contribution in [0.5, 0.6) is 11.5 Å². The molecule has 2 aliphatic heterocycles. The van der Waals surface area contributed by atoms with Gasteiger partial charge in [0, 0.05) is 26.2 Å². The minimum atomic E-state index is 0.274. The summed E-state index contributed by atoms with van der Waals surface area (Å²) in [7, 11) is 0. The van der Waals surface area contributed by atoms with E-state index in [1.54, 1.807) is 0 Å². The van der Waals surface area contributed by atoms with Crippen molar-refractivity contribution in [3.05, 3.63) is 22.2 Å². The third kappa shape index (κ3) is 3.69. The summed E-state index contributed by atoms with van der Waals surface area (Å²) >= 11 is 3.52. The molecule has 0 bridgehead atoms. The van der Waals surface area contributed by atoms with Gasteiger partial charge in [0.1, 0.15) is 0 Å². The van der Waals surface area contributed by atoms with E-state index in [2.05, 4.69) is 39.1 Å². The zero-order valence-corrected chi connectivity index (χ0v) is 13.8. The molecular formula is C15H21BrN2O3. The molecule has 0 aliphatic carbocycles. The van der Waals surface area contributed by atoms with Crippen molar-refractivity contribution in [2.24, 2.45) is 0 Å². The van der Waals surface area contributed by atoms with E-state index in [1.807, 2.05) is 6.07 Å². The summed E-state index contributed by atoms with van der Waals surface area (Å²) in [6, 6.07) is 4.10. The molecule has 2 heterocycles. The Labute approximate surface area is 133 Å². The number of rotatable bonds is 5. The number of nitrogens with one attached hydrogen (secondary N) is 1. The minimum Gasteiger partial charge on any atom is -0.454 e. The van der Waals surface area contributed by atoms with Crippen LogP contribution in [-0.2, 0) is 11.3 Å². The highest BCUT2D eigenvalue weighted by Crippen LogP contribution is 2.39. The van der Waals surface area contributed by atoms with E-state index in [0.717, 1.165) is 55.3 Å². The zero-order chi connectivity index (χ0) is 14.7. The predicted molar refractivity (Wildman–Crippen MR) is 83.8 cm³/mol. The van der Waals surface area contributed by atoms with E-state index in [9.17, 15) is 0 Å². The maximum absolute atomic E-state index is 5.79. The van der Waals surface area contributed by atoms with E-state index in [0.29, 0.717) is 6.79 Å². The summed E-state index contributed by atoms with van der Waals surface area (Å²) in [4.78, 5) is 2.42. The molecule has 116 valence electrons. The number of hydrogen-bond acceptors (Lipinski definition) is 5. The first-order valence-electron chi connectivity index (χ1n) is 7.39. The quantitative estimate of drug-likeness (QED) is 0.873. The van der Waals surface area contributed by atoms with E-state index in [4.69, 9.17) is 14.2 Å². The number of ether oxygens (including phenoxy) is 3. The number of nitrogens with zero attached hydrogens (tertiary/aromatic N) is 1. The zero-order valence-electron chi connectivity index (χ0n) is 12.2. The second-order valence-electron chi connectivity index (χ2n) is 5.33. The topological polar surface area (TPSA) is 43.0 Å². The monoisotopic (exact) mass is 356 g/mol. The number of fused-ring (bicyclic) bond motifs is 1. The lowest BCUT2D eigenvalue weighted by Crippen LogP contribution is -2.46. The molecule has 0 aromatic heterocycles. The van der Waals surface area contributed by atoms with Crippen LogP contribution in [0.1, 0.15) is 12.5 Å². The molecule has 5 nitrogen and oxygen atoms in total. The number of morpholine rings is 1. The molecule has 0 spiro atoms. The van der Waals surface area contributed by atoms with Gasteiger partial charge < -0.3 is 19.5 Å². The summed E-state index contributed by atoms with van der Waals surface area (Å²) in [5.74, 6) is 1.61. The highest BCUT2D eigenvalue weighted by atomic mass is 79.9. The fraction of sp³-hybridized carbons (Fsp3) is 0.600. The highest BCUT2D eigenvalue weighted by molar-refractivity contribution is 9.10. The van der Waals surface area contributed by atoms with Gasteiger partial charge in [-0.05, 0) is 40.2 Å². The average molecular weight is 357 g/mol. The van der Waals surface area contributed by atoms with Crippen LogP contribution < -0.4 is 14.8 Å². The minimum absolute atomic E-state index is 0.274. The maximum Gasteiger partial charge on any atom is 0.231 e. The Bertz CT molecular complexity index is 498. The van der Waals surface area contributed by atoms with Crippen LogP contribution in [0.3, 0.4) is 0 Å². The first-order chi connectivity index (χ1) is 10.3. The summed E-state index contributed by atoms with van der Waals surface area (Å²) in [5.41, 5.74) is 1.18. The smallest absolute Gasteiger partial charge is 0.231 e. The molecule has 1 unspecified atom stereocenters. The maximum atomic E-state index is 5.79. The fourth-order valence-electron chi connectivity index (χ4n) is 2.69. The lowest BCUT2D eigenvalue weighted by Gasteiger charge is -2.32. The Morgan fingerprint density at radius 1 is 1.38 bits per heavy atom. The highest BCUT2D eigenvalue weighted by Gasteiger charge is 2.20. The molecule has 1 aromatic rings. The van der Waals surface area contributed by atoms with Gasteiger partial charge in [0.05, 0.1) is 17.2 Å². The van der Waals surface area contributed by atoms with Crippen molar-refractivity contribution in [2.75, 3.05) is 39.6 Å². The van der Waals surface area contributed by atoms with Crippen molar-refractivity contribution in [1.82, 2.24) is 10.2 Å². The summed E-state index contributed by atoms with van der Waals surface area (Å²) < 4.78 is 17.6. The van der Waals surface area contributed by atoms with Crippen molar-refractivity contribution >= 4 is 15.9 Å². The molecule has 0 amide bonds. The second-order valence-corrected chi connectivity index (χ2v) is 6.18. The second kappa shape index (κ2) is 6.96. The van der Waals surface area contributed by atoms with Gasteiger partial charge in [-0.2, -0.15) is 0 Å². The Morgan fingerprint density at radius 3 is 3.14 bits per heavy atom. The number of benzene rings is 1. The van der Waals surface area contributed by atoms with Gasteiger partial charge in [-0.25, -0.2) is 0 Å². The molecule has 3 rings (SSSR count). The number of likely N-dealkylation sites (N-methyl/N-ethyl adjacent to an activating group) is 1. The lowest BCUT2D eigenvalue weighted by atomic mass is 10.2. The van der Waals surface area contributed by atoms with Gasteiger partial charge in [0.15, 0.2) is 11.5 Å². The Kier molecular flexibility index (Phi) is 5.00. The number of hydrogen-bond donors (Lipinski definition) is 1. The van der Waals surface area contributed by atoms with Gasteiger partial charge in [0.25, 0.3) is 0 Å². The lowest BCUT2D eigenvalue weighted by molar-refractivity contribution is -0.0253. The van der Waals surface area contributed by atoms with E-state index in [-0.39, 0.29) is 6.10 Å². The first-order valence-corrected chi connectivity index (χ1v) is 8.18. The molecule has 2 aliphatic rings. The molecule has 1 saturated heterocycles. The Morgan fingerprint density at radius 2 is 2.29 bits per heavy atom. The van der Waals surface area contributed by atoms with Gasteiger partial charge >= 0.3 is 0 Å². The van der Waals surface area contributed by atoms with Crippen molar-refractivity contribution in [3.8, 4) is 11.5 Å². The van der Waals surface area contributed by atoms with Crippen LogP contribution in [0, 0.1) is 0 Å². The van der Waals surface area contributed by atoms with Crippen LogP contribution in [0.15, 0.2) is 16.6 Å². The standard InChI is InChI=1S/C15H21BrN2O3/c1-2-18-3-4-19-12(9-18)8-17-7-11-5-13(16)15-14(6-11)20-10-21-15/h5-6,12,17H,2-4,7-10H2,1H3. The van der Waals surface area contributed by atoms with Gasteiger partial charge in [-0.3, -0.25) is 4.90 Å². The summed E-state index contributed by atoms with van der Waals surface area (Å²) in [6.45, 7) is 8.12. The van der Waals surface area contributed by atoms with Crippen LogP contribution in [-0.4, -0.2) is 50.6 Å². The van der Waals surface area contributed by atoms with Gasteiger partial charge in [-0.15, -0.1) is 0 Å². The summed E-state index contributed by atoms with van der Waals surface area (Å²) in [6.07, 6.45) is 0.274. The molecule has 6 heteroatoms. The molecular weight excluding hydrogens is 336 g/mol. The molecule has 1 aromatic carbocycles. The van der Waals surface area contributed by atoms with E-state index < -0.39 is 0 Å².